The number of para-hydroxylation sites is 1. The van der Waals surface area contributed by atoms with Crippen molar-refractivity contribution < 1.29 is 14.2 Å². The van der Waals surface area contributed by atoms with E-state index in [-0.39, 0.29) is 19.0 Å². The van der Waals surface area contributed by atoms with Gasteiger partial charge in [0.15, 0.2) is 0 Å². The SMILES string of the molecule is OCc1ccccc1OCc1cncc(F)c1. The molecule has 0 saturated heterocycles. The number of aromatic nitrogens is 1. The number of hydrogen-bond donors (Lipinski definition) is 1. The molecule has 1 heterocycles. The molecule has 1 aromatic carbocycles. The fraction of sp³-hybridized carbons (Fsp3) is 0.154. The van der Waals surface area contributed by atoms with Crippen molar-refractivity contribution in [3.63, 3.8) is 0 Å². The molecule has 17 heavy (non-hydrogen) atoms. The lowest BCUT2D eigenvalue weighted by Crippen LogP contribution is -1.99. The Morgan fingerprint density at radius 2 is 2.06 bits per heavy atom. The van der Waals surface area contributed by atoms with E-state index >= 15 is 0 Å². The maximum absolute atomic E-state index is 12.9. The van der Waals surface area contributed by atoms with Gasteiger partial charge >= 0.3 is 0 Å². The maximum Gasteiger partial charge on any atom is 0.141 e. The molecule has 0 amide bonds. The quantitative estimate of drug-likeness (QED) is 0.881. The first-order valence-electron chi connectivity index (χ1n) is 5.20. The number of benzene rings is 1. The monoisotopic (exact) mass is 233 g/mol. The van der Waals surface area contributed by atoms with Crippen LogP contribution in [-0.4, -0.2) is 10.1 Å². The second-order valence-corrected chi connectivity index (χ2v) is 3.57. The fourth-order valence-corrected chi connectivity index (χ4v) is 1.47. The van der Waals surface area contributed by atoms with Crippen LogP contribution < -0.4 is 4.74 Å². The predicted octanol–water partition coefficient (Wildman–Crippen LogP) is 2.29. The summed E-state index contributed by atoms with van der Waals surface area (Å²) in [4.78, 5) is 3.73. The smallest absolute Gasteiger partial charge is 0.141 e. The number of hydrogen-bond acceptors (Lipinski definition) is 3. The van der Waals surface area contributed by atoms with Crippen LogP contribution in [0.2, 0.25) is 0 Å². The number of halogens is 1. The van der Waals surface area contributed by atoms with Gasteiger partial charge in [-0.2, -0.15) is 0 Å². The summed E-state index contributed by atoms with van der Waals surface area (Å²) in [7, 11) is 0. The van der Waals surface area contributed by atoms with E-state index in [1.54, 1.807) is 18.3 Å². The summed E-state index contributed by atoms with van der Waals surface area (Å²) in [5.74, 6) is 0.209. The molecule has 0 atom stereocenters. The second-order valence-electron chi connectivity index (χ2n) is 3.57. The van der Waals surface area contributed by atoms with Crippen molar-refractivity contribution in [1.29, 1.82) is 0 Å². The average Bonchev–Trinajstić information content (AvgIpc) is 2.37. The first-order chi connectivity index (χ1) is 8.29. The molecular weight excluding hydrogens is 221 g/mol. The van der Waals surface area contributed by atoms with Crippen LogP contribution in [0.25, 0.3) is 0 Å². The van der Waals surface area contributed by atoms with Crippen LogP contribution in [0.15, 0.2) is 42.7 Å². The Kier molecular flexibility index (Phi) is 3.67. The van der Waals surface area contributed by atoms with Crippen LogP contribution >= 0.6 is 0 Å². The lowest BCUT2D eigenvalue weighted by Gasteiger charge is -2.09. The first kappa shape index (κ1) is 11.5. The molecule has 0 aliphatic rings. The van der Waals surface area contributed by atoms with E-state index in [0.29, 0.717) is 16.9 Å². The molecule has 0 unspecified atom stereocenters. The number of pyridine rings is 1. The standard InChI is InChI=1S/C13H12FNO2/c14-12-5-10(6-15-7-12)9-17-13-4-2-1-3-11(13)8-16/h1-7,16H,8-9H2. The first-order valence-corrected chi connectivity index (χ1v) is 5.20. The summed E-state index contributed by atoms with van der Waals surface area (Å²) in [5, 5.41) is 9.11. The highest BCUT2D eigenvalue weighted by molar-refractivity contribution is 5.32. The molecule has 0 aliphatic carbocycles. The van der Waals surface area contributed by atoms with Crippen LogP contribution in [0, 0.1) is 5.82 Å². The van der Waals surface area contributed by atoms with Crippen molar-refractivity contribution in [2.75, 3.05) is 0 Å². The molecule has 2 rings (SSSR count). The van der Waals surface area contributed by atoms with Crippen LogP contribution in [-0.2, 0) is 13.2 Å². The Bertz CT molecular complexity index is 502. The molecule has 0 radical (unpaired) electrons. The van der Waals surface area contributed by atoms with Gasteiger partial charge in [-0.1, -0.05) is 18.2 Å². The minimum Gasteiger partial charge on any atom is -0.488 e. The van der Waals surface area contributed by atoms with E-state index in [1.165, 1.54) is 6.07 Å². The largest absolute Gasteiger partial charge is 0.488 e. The van der Waals surface area contributed by atoms with E-state index in [4.69, 9.17) is 9.84 Å². The number of aliphatic hydroxyl groups is 1. The van der Waals surface area contributed by atoms with Gasteiger partial charge in [0.1, 0.15) is 18.2 Å². The van der Waals surface area contributed by atoms with Crippen LogP contribution in [0.3, 0.4) is 0 Å². The summed E-state index contributed by atoms with van der Waals surface area (Å²) in [6.45, 7) is 0.138. The highest BCUT2D eigenvalue weighted by Gasteiger charge is 2.02. The maximum atomic E-state index is 12.9. The van der Waals surface area contributed by atoms with Gasteiger partial charge in [0.2, 0.25) is 0 Å². The third-order valence-corrected chi connectivity index (χ3v) is 2.30. The van der Waals surface area contributed by atoms with Gasteiger partial charge in [-0.05, 0) is 12.1 Å². The van der Waals surface area contributed by atoms with Gasteiger partial charge in [0, 0.05) is 17.3 Å². The Morgan fingerprint density at radius 3 is 2.82 bits per heavy atom. The molecule has 1 N–H and O–H groups in total. The Balaban J connectivity index is 2.07. The molecule has 3 nitrogen and oxygen atoms in total. The summed E-state index contributed by atoms with van der Waals surface area (Å²) < 4.78 is 18.4. The lowest BCUT2D eigenvalue weighted by atomic mass is 10.2. The zero-order valence-electron chi connectivity index (χ0n) is 9.14. The second kappa shape index (κ2) is 5.41. The number of nitrogens with zero attached hydrogens (tertiary/aromatic N) is 1. The van der Waals surface area contributed by atoms with Crippen LogP contribution in [0.4, 0.5) is 4.39 Å². The molecule has 2 aromatic rings. The van der Waals surface area contributed by atoms with E-state index in [0.717, 1.165) is 6.20 Å². The molecule has 0 bridgehead atoms. The molecule has 88 valence electrons. The average molecular weight is 233 g/mol. The van der Waals surface area contributed by atoms with Crippen molar-refractivity contribution in [2.45, 2.75) is 13.2 Å². The van der Waals surface area contributed by atoms with Gasteiger partial charge in [0.25, 0.3) is 0 Å². The number of rotatable bonds is 4. The normalized spacial score (nSPS) is 10.2. The lowest BCUT2D eigenvalue weighted by molar-refractivity contribution is 0.258. The van der Waals surface area contributed by atoms with E-state index < -0.39 is 0 Å². The summed E-state index contributed by atoms with van der Waals surface area (Å²) >= 11 is 0. The molecule has 1 aromatic heterocycles. The van der Waals surface area contributed by atoms with E-state index in [1.807, 2.05) is 12.1 Å². The molecule has 0 fully saturated rings. The molecule has 0 spiro atoms. The van der Waals surface area contributed by atoms with Crippen molar-refractivity contribution >= 4 is 0 Å². The Morgan fingerprint density at radius 1 is 1.24 bits per heavy atom. The fourth-order valence-electron chi connectivity index (χ4n) is 1.47. The van der Waals surface area contributed by atoms with Gasteiger partial charge < -0.3 is 9.84 Å². The third kappa shape index (κ3) is 3.01. The summed E-state index contributed by atoms with van der Waals surface area (Å²) in [6.07, 6.45) is 2.69. The Labute approximate surface area is 98.5 Å². The molecule has 0 aliphatic heterocycles. The molecule has 0 saturated carbocycles. The summed E-state index contributed by atoms with van der Waals surface area (Å²) in [5.41, 5.74) is 1.36. The van der Waals surface area contributed by atoms with Gasteiger partial charge in [-0.15, -0.1) is 0 Å². The van der Waals surface area contributed by atoms with Gasteiger partial charge in [-0.3, -0.25) is 4.98 Å². The highest BCUT2D eigenvalue weighted by Crippen LogP contribution is 2.19. The molecular formula is C13H12FNO2. The highest BCUT2D eigenvalue weighted by atomic mass is 19.1. The van der Waals surface area contributed by atoms with Crippen molar-refractivity contribution in [2.24, 2.45) is 0 Å². The minimum absolute atomic E-state index is 0.0857. The number of ether oxygens (including phenoxy) is 1. The minimum atomic E-state index is -0.387. The zero-order valence-corrected chi connectivity index (χ0v) is 9.14. The van der Waals surface area contributed by atoms with Gasteiger partial charge in [0.05, 0.1) is 12.8 Å². The third-order valence-electron chi connectivity index (χ3n) is 2.30. The number of aliphatic hydroxyl groups excluding tert-OH is 1. The van der Waals surface area contributed by atoms with Crippen molar-refractivity contribution in [3.05, 3.63) is 59.7 Å². The van der Waals surface area contributed by atoms with Crippen LogP contribution in [0.1, 0.15) is 11.1 Å². The van der Waals surface area contributed by atoms with Crippen LogP contribution in [0.5, 0.6) is 5.75 Å². The predicted molar refractivity (Wildman–Crippen MR) is 60.9 cm³/mol. The van der Waals surface area contributed by atoms with E-state index in [9.17, 15) is 4.39 Å². The topological polar surface area (TPSA) is 42.4 Å². The van der Waals surface area contributed by atoms with E-state index in [2.05, 4.69) is 4.98 Å². The molecule has 4 heteroatoms. The summed E-state index contributed by atoms with van der Waals surface area (Å²) in [6, 6.07) is 8.55. The van der Waals surface area contributed by atoms with Crippen molar-refractivity contribution in [3.8, 4) is 5.75 Å². The zero-order chi connectivity index (χ0) is 12.1. The Hall–Kier alpha value is -1.94. The van der Waals surface area contributed by atoms with Gasteiger partial charge in [-0.25, -0.2) is 4.39 Å². The van der Waals surface area contributed by atoms with Crippen molar-refractivity contribution in [1.82, 2.24) is 4.98 Å².